The van der Waals surface area contributed by atoms with Gasteiger partial charge in [-0.1, -0.05) is 6.07 Å². The van der Waals surface area contributed by atoms with Gasteiger partial charge < -0.3 is 31.7 Å². The normalized spacial score (nSPS) is 12.5. The summed E-state index contributed by atoms with van der Waals surface area (Å²) in [5.74, 6) is 2.15. The number of aryl methyl sites for hydroxylation is 1. The van der Waals surface area contributed by atoms with Gasteiger partial charge in [0, 0.05) is 5.39 Å². The number of aromatic nitrogens is 1. The summed E-state index contributed by atoms with van der Waals surface area (Å²) in [6.07, 6.45) is 2.01. The van der Waals surface area contributed by atoms with Crippen molar-refractivity contribution in [3.8, 4) is 23.0 Å². The van der Waals surface area contributed by atoms with Crippen LogP contribution in [0.25, 0.3) is 32.4 Å². The average molecular weight is 370 g/mol. The Morgan fingerprint density at radius 3 is 2.50 bits per heavy atom. The van der Waals surface area contributed by atoms with E-state index in [1.54, 1.807) is 13.2 Å². The molecule has 0 radical (unpaired) electrons. The number of pyridine rings is 1. The van der Waals surface area contributed by atoms with Gasteiger partial charge in [0.25, 0.3) is 0 Å². The Morgan fingerprint density at radius 2 is 1.73 bits per heavy atom. The summed E-state index contributed by atoms with van der Waals surface area (Å²) in [6.45, 7) is 0.259. The molecule has 0 bridgehead atoms. The minimum absolute atomic E-state index is 0. The van der Waals surface area contributed by atoms with E-state index >= 15 is 0 Å². The molecule has 0 atom stereocenters. The smallest absolute Gasteiger partial charge is 0.231 e. The highest BCUT2D eigenvalue weighted by molar-refractivity contribution is 6.14. The number of methoxy groups -OCH3 is 1. The number of halogens is 1. The molecule has 1 aliphatic heterocycles. The Bertz CT molecular complexity index is 1190. The van der Waals surface area contributed by atoms with Crippen LogP contribution in [0.3, 0.4) is 0 Å². The van der Waals surface area contributed by atoms with Crippen LogP contribution in [0.2, 0.25) is 0 Å². The second-order valence-electron chi connectivity index (χ2n) is 6.24. The molecule has 0 amide bonds. The molecule has 0 fully saturated rings. The lowest BCUT2D eigenvalue weighted by Gasteiger charge is -2.09. The highest BCUT2D eigenvalue weighted by Crippen LogP contribution is 2.40. The van der Waals surface area contributed by atoms with Crippen LogP contribution in [0.1, 0.15) is 0 Å². The number of ether oxygens (including phenoxy) is 3. The third kappa shape index (κ3) is 2.21. The van der Waals surface area contributed by atoms with Gasteiger partial charge in [-0.3, -0.25) is 0 Å². The fraction of sp³-hybridized carbons (Fsp3) is 0.150. The molecule has 0 saturated heterocycles. The Labute approximate surface area is 155 Å². The van der Waals surface area contributed by atoms with Crippen LogP contribution in [0.4, 0.5) is 0 Å². The van der Waals surface area contributed by atoms with Gasteiger partial charge in [-0.05, 0) is 35.7 Å². The molecule has 132 valence electrons. The SMILES string of the molecule is COc1cc2c(cc1O)c[n+](C)c1c3cc4c(cc3ccc21)OCO4.[Cl-]. The lowest BCUT2D eigenvalue weighted by molar-refractivity contribution is -0.642. The monoisotopic (exact) mass is 369 g/mol. The molecular weight excluding hydrogens is 354 g/mol. The highest BCUT2D eigenvalue weighted by Gasteiger charge is 2.20. The van der Waals surface area contributed by atoms with Gasteiger partial charge in [-0.2, -0.15) is 4.57 Å². The van der Waals surface area contributed by atoms with E-state index in [4.69, 9.17) is 14.2 Å². The molecule has 1 aromatic heterocycles. The minimum Gasteiger partial charge on any atom is -1.00 e. The number of fused-ring (bicyclic) bond motifs is 6. The molecule has 0 aliphatic carbocycles. The standard InChI is InChI=1S/C20H15NO4.ClH/c1-21-9-12-5-16(22)17(23-2)7-14(12)13-4-3-11-6-18-19(25-10-24-18)8-15(11)20(13)21;/h3-9H,10H2,1-2H3;1H. The van der Waals surface area contributed by atoms with Gasteiger partial charge in [-0.25, -0.2) is 0 Å². The summed E-state index contributed by atoms with van der Waals surface area (Å²) in [5.41, 5.74) is 1.09. The zero-order valence-corrected chi connectivity index (χ0v) is 15.0. The minimum atomic E-state index is 0. The van der Waals surface area contributed by atoms with Gasteiger partial charge >= 0.3 is 0 Å². The molecule has 1 N–H and O–H groups in total. The second kappa shape index (κ2) is 5.81. The maximum atomic E-state index is 10.1. The van der Waals surface area contributed by atoms with E-state index in [1.807, 2.05) is 31.4 Å². The molecule has 0 unspecified atom stereocenters. The van der Waals surface area contributed by atoms with Crippen LogP contribution < -0.4 is 31.2 Å². The molecule has 0 saturated carbocycles. The summed E-state index contributed by atoms with van der Waals surface area (Å²) < 4.78 is 18.4. The third-order valence-electron chi connectivity index (χ3n) is 4.81. The first-order chi connectivity index (χ1) is 12.2. The summed E-state index contributed by atoms with van der Waals surface area (Å²) in [5, 5.41) is 15.3. The van der Waals surface area contributed by atoms with Crippen LogP contribution in [0, 0.1) is 0 Å². The van der Waals surface area contributed by atoms with Crippen LogP contribution >= 0.6 is 0 Å². The van der Waals surface area contributed by atoms with Gasteiger partial charge in [0.2, 0.25) is 12.3 Å². The third-order valence-corrected chi connectivity index (χ3v) is 4.81. The van der Waals surface area contributed by atoms with E-state index in [2.05, 4.69) is 16.7 Å². The van der Waals surface area contributed by atoms with Crippen molar-refractivity contribution in [2.45, 2.75) is 0 Å². The number of phenolic OH excluding ortho intramolecular Hbond substituents is 1. The summed E-state index contributed by atoms with van der Waals surface area (Å²) in [6, 6.07) is 11.8. The van der Waals surface area contributed by atoms with Crippen LogP contribution in [-0.2, 0) is 7.05 Å². The van der Waals surface area contributed by atoms with E-state index in [9.17, 15) is 5.11 Å². The Balaban J connectivity index is 0.00000168. The molecule has 3 aromatic carbocycles. The zero-order valence-electron chi connectivity index (χ0n) is 14.2. The molecule has 6 heteroatoms. The van der Waals surface area contributed by atoms with Gasteiger partial charge in [0.05, 0.1) is 23.3 Å². The number of aromatic hydroxyl groups is 1. The van der Waals surface area contributed by atoms with Crippen molar-refractivity contribution in [3.05, 3.63) is 42.6 Å². The van der Waals surface area contributed by atoms with Crippen molar-refractivity contribution in [1.82, 2.24) is 0 Å². The van der Waals surface area contributed by atoms with Crippen LogP contribution in [-0.4, -0.2) is 19.0 Å². The van der Waals surface area contributed by atoms with E-state index < -0.39 is 0 Å². The van der Waals surface area contributed by atoms with Crippen molar-refractivity contribution in [3.63, 3.8) is 0 Å². The summed E-state index contributed by atoms with van der Waals surface area (Å²) >= 11 is 0. The fourth-order valence-electron chi connectivity index (χ4n) is 3.66. The van der Waals surface area contributed by atoms with E-state index in [1.165, 1.54) is 0 Å². The molecular formula is C20H16ClNO4. The summed E-state index contributed by atoms with van der Waals surface area (Å²) in [4.78, 5) is 0. The molecule has 4 aromatic rings. The quantitative estimate of drug-likeness (QED) is 0.390. The predicted octanol–water partition coefficient (Wildman–Crippen LogP) is 0.418. The number of benzene rings is 3. The van der Waals surface area contributed by atoms with Gasteiger partial charge in [0.15, 0.2) is 29.2 Å². The first-order valence-electron chi connectivity index (χ1n) is 8.01. The number of hydrogen-bond acceptors (Lipinski definition) is 4. The first kappa shape index (κ1) is 16.5. The number of rotatable bonds is 1. The molecule has 26 heavy (non-hydrogen) atoms. The van der Waals surface area contributed by atoms with Crippen molar-refractivity contribution in [2.75, 3.05) is 13.9 Å². The topological polar surface area (TPSA) is 51.8 Å². The molecule has 5 rings (SSSR count). The Kier molecular flexibility index (Phi) is 3.70. The summed E-state index contributed by atoms with van der Waals surface area (Å²) in [7, 11) is 3.56. The van der Waals surface area contributed by atoms with E-state index in [0.717, 1.165) is 43.9 Å². The van der Waals surface area contributed by atoms with Crippen molar-refractivity contribution >= 4 is 32.4 Å². The molecule has 0 spiro atoms. The van der Waals surface area contributed by atoms with Gasteiger partial charge in [0.1, 0.15) is 7.05 Å². The Morgan fingerprint density at radius 1 is 0.962 bits per heavy atom. The Hall–Kier alpha value is -2.92. The molecule has 5 nitrogen and oxygen atoms in total. The van der Waals surface area contributed by atoms with Crippen molar-refractivity contribution in [2.24, 2.45) is 7.05 Å². The molecule has 2 heterocycles. The lowest BCUT2D eigenvalue weighted by atomic mass is 10.0. The average Bonchev–Trinajstić information content (AvgIpc) is 3.06. The van der Waals surface area contributed by atoms with Crippen molar-refractivity contribution in [1.29, 1.82) is 0 Å². The first-order valence-corrected chi connectivity index (χ1v) is 8.01. The maximum Gasteiger partial charge on any atom is 0.231 e. The predicted molar refractivity (Wildman–Crippen MR) is 94.5 cm³/mol. The maximum absolute atomic E-state index is 10.1. The second-order valence-corrected chi connectivity index (χ2v) is 6.24. The lowest BCUT2D eigenvalue weighted by Crippen LogP contribution is -3.00. The number of phenols is 1. The highest BCUT2D eigenvalue weighted by atomic mass is 35.5. The number of hydrogen-bond donors (Lipinski definition) is 1. The van der Waals surface area contributed by atoms with Crippen LogP contribution in [0.5, 0.6) is 23.0 Å². The van der Waals surface area contributed by atoms with Gasteiger partial charge in [-0.15, -0.1) is 0 Å². The van der Waals surface area contributed by atoms with E-state index in [0.29, 0.717) is 5.75 Å². The van der Waals surface area contributed by atoms with E-state index in [-0.39, 0.29) is 24.9 Å². The van der Waals surface area contributed by atoms with Crippen molar-refractivity contribution < 1.29 is 36.3 Å². The largest absolute Gasteiger partial charge is 1.00 e. The van der Waals surface area contributed by atoms with Crippen LogP contribution in [0.15, 0.2) is 42.6 Å². The number of nitrogens with zero attached hydrogens (tertiary/aromatic N) is 1. The zero-order chi connectivity index (χ0) is 17.1. The molecule has 1 aliphatic rings. The fourth-order valence-corrected chi connectivity index (χ4v) is 3.66.